The molecule has 1 saturated heterocycles. The number of ether oxygens (including phenoxy) is 1. The number of carbonyl (C=O) groups is 1. The molecule has 0 aliphatic carbocycles. The number of guanidine groups is 1. The van der Waals surface area contributed by atoms with Crippen molar-refractivity contribution < 1.29 is 9.53 Å². The first-order valence-corrected chi connectivity index (χ1v) is 9.52. The summed E-state index contributed by atoms with van der Waals surface area (Å²) >= 11 is 0. The maximum absolute atomic E-state index is 12.3. The second-order valence-corrected chi connectivity index (χ2v) is 8.35. The Kier molecular flexibility index (Phi) is 5.48. The van der Waals surface area contributed by atoms with Crippen molar-refractivity contribution in [3.05, 3.63) is 29.8 Å². The Labute approximate surface area is 162 Å². The number of anilines is 1. The first-order valence-electron chi connectivity index (χ1n) is 9.52. The summed E-state index contributed by atoms with van der Waals surface area (Å²) in [5.41, 5.74) is 1.95. The van der Waals surface area contributed by atoms with Crippen molar-refractivity contribution in [3.63, 3.8) is 0 Å². The van der Waals surface area contributed by atoms with Crippen LogP contribution in [0, 0.1) is 0 Å². The Balaban J connectivity index is 1.51. The predicted octanol–water partition coefficient (Wildman–Crippen LogP) is 2.13. The SMILES string of the molecule is CN(C)c1ccc(CNC2=NCC3CN(C(=O)OC(C)(C)C)CCN23)cc1. The maximum Gasteiger partial charge on any atom is 0.410 e. The third-order valence-electron chi connectivity index (χ3n) is 4.76. The molecule has 1 unspecified atom stereocenters. The second-order valence-electron chi connectivity index (χ2n) is 8.35. The zero-order chi connectivity index (χ0) is 19.6. The van der Waals surface area contributed by atoms with Gasteiger partial charge in [-0.05, 0) is 38.5 Å². The molecule has 148 valence electrons. The Hall–Kier alpha value is -2.44. The van der Waals surface area contributed by atoms with Gasteiger partial charge in [-0.15, -0.1) is 0 Å². The van der Waals surface area contributed by atoms with Crippen molar-refractivity contribution in [2.24, 2.45) is 4.99 Å². The molecule has 1 aromatic carbocycles. The normalized spacial score (nSPS) is 19.4. The fourth-order valence-corrected chi connectivity index (χ4v) is 3.32. The number of aliphatic imine (C=N–C) groups is 1. The van der Waals surface area contributed by atoms with Gasteiger partial charge in [0.05, 0.1) is 12.6 Å². The summed E-state index contributed by atoms with van der Waals surface area (Å²) in [6.45, 7) is 9.22. The number of fused-ring (bicyclic) bond motifs is 1. The molecule has 1 fully saturated rings. The van der Waals surface area contributed by atoms with Crippen molar-refractivity contribution in [3.8, 4) is 0 Å². The molecule has 1 N–H and O–H groups in total. The van der Waals surface area contributed by atoms with Crippen LogP contribution < -0.4 is 10.2 Å². The van der Waals surface area contributed by atoms with Crippen molar-refractivity contribution in [2.75, 3.05) is 45.2 Å². The summed E-state index contributed by atoms with van der Waals surface area (Å²) < 4.78 is 5.50. The number of piperazine rings is 1. The molecule has 7 heteroatoms. The third-order valence-corrected chi connectivity index (χ3v) is 4.76. The highest BCUT2D eigenvalue weighted by Gasteiger charge is 2.36. The fraction of sp³-hybridized carbons (Fsp3) is 0.600. The second kappa shape index (κ2) is 7.66. The van der Waals surface area contributed by atoms with Gasteiger partial charge in [0.25, 0.3) is 0 Å². The molecule has 7 nitrogen and oxygen atoms in total. The standard InChI is InChI=1S/C20H31N5O2/c1-20(2,3)27-19(26)24-10-11-25-17(14-24)13-22-18(25)21-12-15-6-8-16(9-7-15)23(4)5/h6-9,17H,10-14H2,1-5H3,(H,21,22). The molecule has 0 bridgehead atoms. The van der Waals surface area contributed by atoms with E-state index in [4.69, 9.17) is 4.74 Å². The summed E-state index contributed by atoms with van der Waals surface area (Å²) in [5, 5.41) is 3.46. The van der Waals surface area contributed by atoms with E-state index in [1.807, 2.05) is 34.9 Å². The molecule has 0 saturated carbocycles. The van der Waals surface area contributed by atoms with Crippen LogP contribution in [0.5, 0.6) is 0 Å². The highest BCUT2D eigenvalue weighted by atomic mass is 16.6. The van der Waals surface area contributed by atoms with Crippen molar-refractivity contribution in [1.29, 1.82) is 0 Å². The van der Waals surface area contributed by atoms with E-state index < -0.39 is 5.60 Å². The zero-order valence-electron chi connectivity index (χ0n) is 17.0. The van der Waals surface area contributed by atoms with Crippen LogP contribution in [0.4, 0.5) is 10.5 Å². The van der Waals surface area contributed by atoms with Gasteiger partial charge in [0.2, 0.25) is 0 Å². The quantitative estimate of drug-likeness (QED) is 0.880. The van der Waals surface area contributed by atoms with E-state index in [1.165, 1.54) is 11.3 Å². The Morgan fingerprint density at radius 1 is 1.26 bits per heavy atom. The van der Waals surface area contributed by atoms with Gasteiger partial charge >= 0.3 is 6.09 Å². The van der Waals surface area contributed by atoms with Gasteiger partial charge in [-0.3, -0.25) is 4.99 Å². The van der Waals surface area contributed by atoms with Crippen LogP contribution in [0.25, 0.3) is 0 Å². The lowest BCUT2D eigenvalue weighted by atomic mass is 10.2. The van der Waals surface area contributed by atoms with E-state index in [-0.39, 0.29) is 12.1 Å². The minimum absolute atomic E-state index is 0.227. The largest absolute Gasteiger partial charge is 0.444 e. The minimum Gasteiger partial charge on any atom is -0.444 e. The molecule has 1 amide bonds. The highest BCUT2D eigenvalue weighted by Crippen LogP contribution is 2.19. The van der Waals surface area contributed by atoms with Gasteiger partial charge in [0.1, 0.15) is 5.60 Å². The molecule has 0 radical (unpaired) electrons. The molecule has 1 atom stereocenters. The summed E-state index contributed by atoms with van der Waals surface area (Å²) in [4.78, 5) is 23.1. The Morgan fingerprint density at radius 2 is 1.96 bits per heavy atom. The first kappa shape index (κ1) is 19.3. The Morgan fingerprint density at radius 3 is 2.59 bits per heavy atom. The summed E-state index contributed by atoms with van der Waals surface area (Å²) in [6, 6.07) is 8.74. The van der Waals surface area contributed by atoms with Crippen molar-refractivity contribution in [1.82, 2.24) is 15.1 Å². The number of nitrogens with one attached hydrogen (secondary N) is 1. The van der Waals surface area contributed by atoms with Gasteiger partial charge < -0.3 is 24.8 Å². The predicted molar refractivity (Wildman–Crippen MR) is 108 cm³/mol. The average molecular weight is 374 g/mol. The van der Waals surface area contributed by atoms with Gasteiger partial charge in [0, 0.05) is 46.0 Å². The monoisotopic (exact) mass is 373 g/mol. The van der Waals surface area contributed by atoms with Crippen LogP contribution in [0.2, 0.25) is 0 Å². The van der Waals surface area contributed by atoms with E-state index in [0.717, 1.165) is 19.0 Å². The molecule has 3 rings (SSSR count). The third kappa shape index (κ3) is 4.84. The van der Waals surface area contributed by atoms with Crippen molar-refractivity contribution >= 4 is 17.7 Å². The number of nitrogens with zero attached hydrogens (tertiary/aromatic N) is 4. The molecule has 1 aromatic rings. The average Bonchev–Trinajstić information content (AvgIpc) is 3.01. The van der Waals surface area contributed by atoms with Crippen LogP contribution >= 0.6 is 0 Å². The summed E-state index contributed by atoms with van der Waals surface area (Å²) in [7, 11) is 4.08. The first-order chi connectivity index (χ1) is 12.7. The molecule has 0 spiro atoms. The lowest BCUT2D eigenvalue weighted by Crippen LogP contribution is -2.57. The molecular weight excluding hydrogens is 342 g/mol. The molecule has 2 aliphatic rings. The van der Waals surface area contributed by atoms with E-state index in [9.17, 15) is 4.79 Å². The van der Waals surface area contributed by atoms with E-state index in [1.54, 1.807) is 4.90 Å². The molecule has 0 aromatic heterocycles. The van der Waals surface area contributed by atoms with E-state index in [2.05, 4.69) is 44.4 Å². The number of carbonyl (C=O) groups excluding carboxylic acids is 1. The van der Waals surface area contributed by atoms with Crippen molar-refractivity contribution in [2.45, 2.75) is 39.0 Å². The van der Waals surface area contributed by atoms with Crippen LogP contribution in [-0.2, 0) is 11.3 Å². The van der Waals surface area contributed by atoms with E-state index in [0.29, 0.717) is 19.6 Å². The summed E-state index contributed by atoms with van der Waals surface area (Å²) in [5.74, 6) is 0.931. The lowest BCUT2D eigenvalue weighted by molar-refractivity contribution is 0.0137. The molecular formula is C20H31N5O2. The number of hydrogen-bond donors (Lipinski definition) is 1. The fourth-order valence-electron chi connectivity index (χ4n) is 3.32. The molecule has 27 heavy (non-hydrogen) atoms. The zero-order valence-corrected chi connectivity index (χ0v) is 17.0. The van der Waals surface area contributed by atoms with E-state index >= 15 is 0 Å². The molecule has 2 heterocycles. The van der Waals surface area contributed by atoms with Crippen LogP contribution in [-0.4, -0.2) is 73.8 Å². The minimum atomic E-state index is -0.463. The number of hydrogen-bond acceptors (Lipinski definition) is 6. The lowest BCUT2D eigenvalue weighted by Gasteiger charge is -2.39. The van der Waals surface area contributed by atoms with Crippen LogP contribution in [0.1, 0.15) is 26.3 Å². The van der Waals surface area contributed by atoms with Gasteiger partial charge in [-0.1, -0.05) is 12.1 Å². The highest BCUT2D eigenvalue weighted by molar-refractivity contribution is 5.82. The van der Waals surface area contributed by atoms with Gasteiger partial charge in [-0.25, -0.2) is 4.79 Å². The van der Waals surface area contributed by atoms with Crippen LogP contribution in [0.15, 0.2) is 29.3 Å². The number of benzene rings is 1. The smallest absolute Gasteiger partial charge is 0.410 e. The number of amides is 1. The van der Waals surface area contributed by atoms with Crippen LogP contribution in [0.3, 0.4) is 0 Å². The maximum atomic E-state index is 12.3. The Bertz CT molecular complexity index is 693. The van der Waals surface area contributed by atoms with Gasteiger partial charge in [-0.2, -0.15) is 0 Å². The van der Waals surface area contributed by atoms with Gasteiger partial charge in [0.15, 0.2) is 5.96 Å². The topological polar surface area (TPSA) is 60.4 Å². The summed E-state index contributed by atoms with van der Waals surface area (Å²) in [6.07, 6.45) is -0.232. The number of rotatable bonds is 3. The molecule has 2 aliphatic heterocycles.